The fraction of sp³-hybridized carbons (Fsp3) is 0.300. The zero-order valence-electron chi connectivity index (χ0n) is 13.8. The first kappa shape index (κ1) is 16.6. The third-order valence-corrected chi connectivity index (χ3v) is 5.56. The molecule has 1 fully saturated rings. The van der Waals surface area contributed by atoms with Crippen LogP contribution in [0.3, 0.4) is 0 Å². The molecule has 1 aliphatic carbocycles. The molecule has 5 heteroatoms. The van der Waals surface area contributed by atoms with Gasteiger partial charge in [-0.2, -0.15) is 0 Å². The SMILES string of the molecule is CCOC1(c2ccc(Br)cc2)COC2(C1)C(=O)c1ccccc1C2=O. The second-order valence-corrected chi connectivity index (χ2v) is 7.35. The molecule has 128 valence electrons. The number of Topliss-reactive ketones (excluding diaryl/α,β-unsaturated/α-hetero) is 2. The Morgan fingerprint density at radius 3 is 2.20 bits per heavy atom. The summed E-state index contributed by atoms with van der Waals surface area (Å²) >= 11 is 3.43. The summed E-state index contributed by atoms with van der Waals surface area (Å²) in [7, 11) is 0. The zero-order valence-corrected chi connectivity index (χ0v) is 15.3. The van der Waals surface area contributed by atoms with Crippen molar-refractivity contribution >= 4 is 27.5 Å². The number of benzene rings is 2. The average molecular weight is 401 g/mol. The van der Waals surface area contributed by atoms with Gasteiger partial charge in [0.25, 0.3) is 0 Å². The molecule has 25 heavy (non-hydrogen) atoms. The smallest absolute Gasteiger partial charge is 0.203 e. The molecule has 1 saturated heterocycles. The van der Waals surface area contributed by atoms with Crippen molar-refractivity contribution in [2.24, 2.45) is 0 Å². The van der Waals surface area contributed by atoms with E-state index in [4.69, 9.17) is 9.47 Å². The van der Waals surface area contributed by atoms with Crippen molar-refractivity contribution < 1.29 is 19.1 Å². The van der Waals surface area contributed by atoms with Gasteiger partial charge in [0.15, 0.2) is 5.60 Å². The number of carbonyl (C=O) groups is 2. The van der Waals surface area contributed by atoms with Crippen LogP contribution in [0.5, 0.6) is 0 Å². The molecule has 2 aliphatic rings. The molecule has 2 aromatic carbocycles. The van der Waals surface area contributed by atoms with Crippen molar-refractivity contribution in [1.82, 2.24) is 0 Å². The summed E-state index contributed by atoms with van der Waals surface area (Å²) in [6.07, 6.45) is 0.196. The largest absolute Gasteiger partial charge is 0.368 e. The number of hydrogen-bond donors (Lipinski definition) is 0. The van der Waals surface area contributed by atoms with Gasteiger partial charge >= 0.3 is 0 Å². The summed E-state index contributed by atoms with van der Waals surface area (Å²) in [5.74, 6) is -0.515. The predicted octanol–water partition coefficient (Wildman–Crippen LogP) is 3.92. The van der Waals surface area contributed by atoms with Crippen LogP contribution >= 0.6 is 15.9 Å². The lowest BCUT2D eigenvalue weighted by molar-refractivity contribution is -0.0497. The molecule has 1 aliphatic heterocycles. The van der Waals surface area contributed by atoms with Crippen molar-refractivity contribution in [3.05, 3.63) is 69.7 Å². The molecule has 1 atom stereocenters. The van der Waals surface area contributed by atoms with Gasteiger partial charge in [0, 0.05) is 28.6 Å². The lowest BCUT2D eigenvalue weighted by atomic mass is 9.83. The standard InChI is InChI=1S/C20H17BrO4/c1-2-24-19(13-7-9-14(21)10-8-13)11-20(25-12-19)17(22)15-5-3-4-6-16(15)18(20)23/h3-10H,2,11-12H2,1H3. The maximum Gasteiger partial charge on any atom is 0.203 e. The number of fused-ring (bicyclic) bond motifs is 1. The second-order valence-electron chi connectivity index (χ2n) is 6.43. The minimum Gasteiger partial charge on any atom is -0.368 e. The van der Waals surface area contributed by atoms with E-state index in [0.29, 0.717) is 17.7 Å². The van der Waals surface area contributed by atoms with E-state index in [1.165, 1.54) is 0 Å². The van der Waals surface area contributed by atoms with Crippen LogP contribution in [0.4, 0.5) is 0 Å². The Bertz CT molecular complexity index is 823. The van der Waals surface area contributed by atoms with E-state index in [-0.39, 0.29) is 24.6 Å². The highest BCUT2D eigenvalue weighted by Gasteiger charge is 2.63. The summed E-state index contributed by atoms with van der Waals surface area (Å²) < 4.78 is 12.9. The van der Waals surface area contributed by atoms with E-state index in [9.17, 15) is 9.59 Å². The molecule has 1 spiro atoms. The fourth-order valence-corrected chi connectivity index (χ4v) is 4.11. The van der Waals surface area contributed by atoms with E-state index in [1.807, 2.05) is 31.2 Å². The van der Waals surface area contributed by atoms with Gasteiger partial charge in [-0.25, -0.2) is 0 Å². The van der Waals surface area contributed by atoms with E-state index in [2.05, 4.69) is 15.9 Å². The summed E-state index contributed by atoms with van der Waals surface area (Å²) in [5, 5.41) is 0. The van der Waals surface area contributed by atoms with Gasteiger partial charge < -0.3 is 9.47 Å². The Morgan fingerprint density at radius 1 is 1.04 bits per heavy atom. The maximum absolute atomic E-state index is 13.0. The highest BCUT2D eigenvalue weighted by molar-refractivity contribution is 9.10. The van der Waals surface area contributed by atoms with Crippen LogP contribution in [0.1, 0.15) is 39.6 Å². The van der Waals surface area contributed by atoms with Crippen LogP contribution < -0.4 is 0 Å². The Kier molecular flexibility index (Phi) is 3.90. The van der Waals surface area contributed by atoms with Crippen LogP contribution in [0.2, 0.25) is 0 Å². The van der Waals surface area contributed by atoms with Gasteiger partial charge in [-0.3, -0.25) is 9.59 Å². The Hall–Kier alpha value is -1.82. The quantitative estimate of drug-likeness (QED) is 0.732. The summed E-state index contributed by atoms with van der Waals surface area (Å²) in [6, 6.07) is 14.6. The molecule has 1 unspecified atom stereocenters. The first-order valence-electron chi connectivity index (χ1n) is 8.25. The highest BCUT2D eigenvalue weighted by atomic mass is 79.9. The van der Waals surface area contributed by atoms with E-state index < -0.39 is 11.2 Å². The lowest BCUT2D eigenvalue weighted by Crippen LogP contribution is -2.42. The molecule has 4 nitrogen and oxygen atoms in total. The van der Waals surface area contributed by atoms with Crippen molar-refractivity contribution in [3.8, 4) is 0 Å². The van der Waals surface area contributed by atoms with Gasteiger partial charge in [0.05, 0.1) is 6.61 Å². The maximum atomic E-state index is 13.0. The van der Waals surface area contributed by atoms with Crippen LogP contribution in [0.25, 0.3) is 0 Å². The Morgan fingerprint density at radius 2 is 1.64 bits per heavy atom. The van der Waals surface area contributed by atoms with Crippen LogP contribution in [-0.2, 0) is 15.1 Å². The first-order valence-corrected chi connectivity index (χ1v) is 9.04. The van der Waals surface area contributed by atoms with Crippen LogP contribution in [0.15, 0.2) is 53.0 Å². The molecule has 0 radical (unpaired) electrons. The second kappa shape index (κ2) is 5.87. The number of ketones is 2. The van der Waals surface area contributed by atoms with Crippen molar-refractivity contribution in [1.29, 1.82) is 0 Å². The first-order chi connectivity index (χ1) is 12.0. The summed E-state index contributed by atoms with van der Waals surface area (Å²) in [5.41, 5.74) is -0.480. The summed E-state index contributed by atoms with van der Waals surface area (Å²) in [4.78, 5) is 26.0. The third-order valence-electron chi connectivity index (χ3n) is 5.03. The zero-order chi connectivity index (χ0) is 17.7. The molecular formula is C20H17BrO4. The normalized spacial score (nSPS) is 24.1. The van der Waals surface area contributed by atoms with Crippen LogP contribution in [0, 0.1) is 0 Å². The monoisotopic (exact) mass is 400 g/mol. The van der Waals surface area contributed by atoms with Crippen molar-refractivity contribution in [2.45, 2.75) is 24.5 Å². The third kappa shape index (κ3) is 2.34. The molecule has 1 heterocycles. The van der Waals surface area contributed by atoms with Gasteiger partial charge in [0.2, 0.25) is 11.6 Å². The molecule has 0 saturated carbocycles. The number of rotatable bonds is 3. The van der Waals surface area contributed by atoms with Gasteiger partial charge in [0.1, 0.15) is 5.60 Å². The summed E-state index contributed by atoms with van der Waals surface area (Å²) in [6.45, 7) is 2.54. The Labute approximate surface area is 154 Å². The van der Waals surface area contributed by atoms with Crippen LogP contribution in [-0.4, -0.2) is 30.4 Å². The van der Waals surface area contributed by atoms with Gasteiger partial charge in [-0.05, 0) is 24.6 Å². The number of halogens is 1. The molecule has 4 rings (SSSR count). The lowest BCUT2D eigenvalue weighted by Gasteiger charge is -2.29. The molecular weight excluding hydrogens is 384 g/mol. The van der Waals surface area contributed by atoms with E-state index >= 15 is 0 Å². The molecule has 0 N–H and O–H groups in total. The van der Waals surface area contributed by atoms with Gasteiger partial charge in [-0.15, -0.1) is 0 Å². The topological polar surface area (TPSA) is 52.6 Å². The molecule has 2 aromatic rings. The fourth-order valence-electron chi connectivity index (χ4n) is 3.84. The average Bonchev–Trinajstić information content (AvgIpc) is 3.11. The number of hydrogen-bond acceptors (Lipinski definition) is 4. The van der Waals surface area contributed by atoms with E-state index in [1.54, 1.807) is 24.3 Å². The minimum absolute atomic E-state index is 0.175. The Balaban J connectivity index is 1.77. The molecule has 0 aromatic heterocycles. The van der Waals surface area contributed by atoms with Crippen molar-refractivity contribution in [2.75, 3.05) is 13.2 Å². The number of ether oxygens (including phenoxy) is 2. The number of carbonyl (C=O) groups excluding carboxylic acids is 2. The predicted molar refractivity (Wildman–Crippen MR) is 95.8 cm³/mol. The minimum atomic E-state index is -1.47. The molecule has 0 bridgehead atoms. The van der Waals surface area contributed by atoms with Gasteiger partial charge in [-0.1, -0.05) is 52.3 Å². The molecule has 0 amide bonds. The highest BCUT2D eigenvalue weighted by Crippen LogP contribution is 2.49. The van der Waals surface area contributed by atoms with Crippen molar-refractivity contribution in [3.63, 3.8) is 0 Å². The van der Waals surface area contributed by atoms with E-state index in [0.717, 1.165) is 10.0 Å².